The minimum absolute atomic E-state index is 0.111. The molecule has 0 aliphatic heterocycles. The average molecular weight is 159 g/mol. The van der Waals surface area contributed by atoms with Gasteiger partial charge in [-0.25, -0.2) is 0 Å². The molecule has 1 fully saturated rings. The van der Waals surface area contributed by atoms with Crippen LogP contribution >= 0.6 is 0 Å². The molecule has 4 heteroatoms. The van der Waals surface area contributed by atoms with Crippen molar-refractivity contribution in [1.82, 2.24) is 0 Å². The van der Waals surface area contributed by atoms with Crippen LogP contribution in [0.4, 0.5) is 0 Å². The van der Waals surface area contributed by atoms with Gasteiger partial charge >= 0.3 is 0 Å². The van der Waals surface area contributed by atoms with Crippen LogP contribution in [0.2, 0.25) is 0 Å². The van der Waals surface area contributed by atoms with Gasteiger partial charge in [0.05, 0.1) is 6.10 Å². The fourth-order valence-corrected chi connectivity index (χ4v) is 1.62. The summed E-state index contributed by atoms with van der Waals surface area (Å²) in [4.78, 5) is 9.88. The van der Waals surface area contributed by atoms with Gasteiger partial charge in [0.15, 0.2) is 0 Å². The Labute approximate surface area is 65.7 Å². The highest BCUT2D eigenvalue weighted by molar-refractivity contribution is 4.74. The minimum atomic E-state index is -0.233. The van der Waals surface area contributed by atoms with Crippen LogP contribution in [-0.4, -0.2) is 24.7 Å². The van der Waals surface area contributed by atoms with Crippen molar-refractivity contribution in [3.05, 3.63) is 10.1 Å². The molecular weight excluding hydrogens is 146 g/mol. The predicted octanol–water partition coefficient (Wildman–Crippen LogP) is 1.08. The van der Waals surface area contributed by atoms with E-state index in [-0.39, 0.29) is 23.5 Å². The van der Waals surface area contributed by atoms with Gasteiger partial charge in [-0.3, -0.25) is 10.1 Å². The lowest BCUT2D eigenvalue weighted by molar-refractivity contribution is -0.488. The van der Waals surface area contributed by atoms with Crippen LogP contribution in [0.1, 0.15) is 19.3 Å². The minimum Gasteiger partial charge on any atom is -0.381 e. The van der Waals surface area contributed by atoms with Crippen molar-refractivity contribution in [2.45, 2.75) is 25.4 Å². The highest BCUT2D eigenvalue weighted by Crippen LogP contribution is 2.27. The molecule has 0 heterocycles. The quantitative estimate of drug-likeness (QED) is 0.457. The second-order valence-electron chi connectivity index (χ2n) is 3.05. The van der Waals surface area contributed by atoms with Crippen LogP contribution in [0.25, 0.3) is 0 Å². The van der Waals surface area contributed by atoms with Gasteiger partial charge in [0.25, 0.3) is 0 Å². The molecule has 0 saturated heterocycles. The van der Waals surface area contributed by atoms with E-state index in [1.807, 2.05) is 0 Å². The standard InChI is InChI=1S/C7H13NO3/c1-11-7-3-2-6(4-7)5-8(9)10/h6-7H,2-5H2,1H3. The first-order valence-electron chi connectivity index (χ1n) is 3.87. The van der Waals surface area contributed by atoms with E-state index in [9.17, 15) is 10.1 Å². The molecule has 0 radical (unpaired) electrons. The Morgan fingerprint density at radius 1 is 1.64 bits per heavy atom. The number of methoxy groups -OCH3 is 1. The summed E-state index contributed by atoms with van der Waals surface area (Å²) < 4.78 is 5.10. The number of nitrogens with zero attached hydrogens (tertiary/aromatic N) is 1. The van der Waals surface area contributed by atoms with Crippen molar-refractivity contribution in [2.75, 3.05) is 13.7 Å². The van der Waals surface area contributed by atoms with Crippen molar-refractivity contribution in [3.63, 3.8) is 0 Å². The van der Waals surface area contributed by atoms with E-state index in [0.29, 0.717) is 0 Å². The molecule has 1 aliphatic rings. The third kappa shape index (κ3) is 2.46. The zero-order chi connectivity index (χ0) is 8.27. The first kappa shape index (κ1) is 8.46. The molecule has 2 atom stereocenters. The molecular formula is C7H13NO3. The first-order chi connectivity index (χ1) is 5.22. The van der Waals surface area contributed by atoms with Gasteiger partial charge in [0.1, 0.15) is 0 Å². The van der Waals surface area contributed by atoms with Crippen LogP contribution < -0.4 is 0 Å². The van der Waals surface area contributed by atoms with Gasteiger partial charge < -0.3 is 4.74 Å². The Bertz CT molecular complexity index is 149. The van der Waals surface area contributed by atoms with Crippen molar-refractivity contribution in [2.24, 2.45) is 5.92 Å². The monoisotopic (exact) mass is 159 g/mol. The summed E-state index contributed by atoms with van der Waals surface area (Å²) in [6.07, 6.45) is 3.05. The van der Waals surface area contributed by atoms with E-state index in [2.05, 4.69) is 0 Å². The summed E-state index contributed by atoms with van der Waals surface area (Å²) in [5, 5.41) is 10.1. The van der Waals surface area contributed by atoms with Crippen molar-refractivity contribution in [1.29, 1.82) is 0 Å². The summed E-state index contributed by atoms with van der Waals surface area (Å²) in [5.41, 5.74) is 0. The van der Waals surface area contributed by atoms with E-state index in [1.54, 1.807) is 7.11 Å². The van der Waals surface area contributed by atoms with Gasteiger partial charge in [0.2, 0.25) is 6.54 Å². The van der Waals surface area contributed by atoms with E-state index >= 15 is 0 Å². The van der Waals surface area contributed by atoms with Gasteiger partial charge in [-0.1, -0.05) is 0 Å². The average Bonchev–Trinajstić information content (AvgIpc) is 2.34. The smallest absolute Gasteiger partial charge is 0.206 e. The second kappa shape index (κ2) is 3.67. The Kier molecular flexibility index (Phi) is 2.82. The molecule has 2 unspecified atom stereocenters. The fraction of sp³-hybridized carbons (Fsp3) is 1.00. The van der Waals surface area contributed by atoms with Gasteiger partial charge in [-0.15, -0.1) is 0 Å². The highest BCUT2D eigenvalue weighted by atomic mass is 16.6. The molecule has 11 heavy (non-hydrogen) atoms. The third-order valence-electron chi connectivity index (χ3n) is 2.23. The summed E-state index contributed by atoms with van der Waals surface area (Å²) in [7, 11) is 1.67. The second-order valence-corrected chi connectivity index (χ2v) is 3.05. The molecule has 0 aromatic rings. The zero-order valence-electron chi connectivity index (χ0n) is 6.66. The molecule has 0 amide bonds. The lowest BCUT2D eigenvalue weighted by Crippen LogP contribution is -2.12. The van der Waals surface area contributed by atoms with Crippen LogP contribution in [0.3, 0.4) is 0 Å². The number of hydrogen-bond donors (Lipinski definition) is 0. The maximum Gasteiger partial charge on any atom is 0.206 e. The molecule has 1 aliphatic carbocycles. The number of ether oxygens (including phenoxy) is 1. The molecule has 0 N–H and O–H groups in total. The topological polar surface area (TPSA) is 52.4 Å². The van der Waals surface area contributed by atoms with E-state index in [0.717, 1.165) is 19.3 Å². The Balaban J connectivity index is 2.24. The van der Waals surface area contributed by atoms with Crippen LogP contribution in [0.5, 0.6) is 0 Å². The van der Waals surface area contributed by atoms with Crippen molar-refractivity contribution in [3.8, 4) is 0 Å². The van der Waals surface area contributed by atoms with Gasteiger partial charge in [-0.2, -0.15) is 0 Å². The first-order valence-corrected chi connectivity index (χ1v) is 3.87. The Morgan fingerprint density at radius 2 is 2.36 bits per heavy atom. The number of nitro groups is 1. The molecule has 1 saturated carbocycles. The molecule has 1 rings (SSSR count). The molecule has 0 aromatic heterocycles. The van der Waals surface area contributed by atoms with Crippen molar-refractivity contribution < 1.29 is 9.66 Å². The van der Waals surface area contributed by atoms with Crippen LogP contribution in [-0.2, 0) is 4.74 Å². The number of rotatable bonds is 3. The fourth-order valence-electron chi connectivity index (χ4n) is 1.62. The van der Waals surface area contributed by atoms with E-state index in [4.69, 9.17) is 4.74 Å². The molecule has 0 spiro atoms. The van der Waals surface area contributed by atoms with Crippen molar-refractivity contribution >= 4 is 0 Å². The summed E-state index contributed by atoms with van der Waals surface area (Å²) in [6.45, 7) is 0.111. The third-order valence-corrected chi connectivity index (χ3v) is 2.23. The maximum atomic E-state index is 10.1. The zero-order valence-corrected chi connectivity index (χ0v) is 6.66. The lowest BCUT2D eigenvalue weighted by Gasteiger charge is -2.05. The van der Waals surface area contributed by atoms with E-state index in [1.165, 1.54) is 0 Å². The highest BCUT2D eigenvalue weighted by Gasteiger charge is 2.27. The van der Waals surface area contributed by atoms with Crippen LogP contribution in [0.15, 0.2) is 0 Å². The SMILES string of the molecule is COC1CCC(C[N+](=O)[O-])C1. The lowest BCUT2D eigenvalue weighted by atomic mass is 10.1. The Hall–Kier alpha value is -0.640. The van der Waals surface area contributed by atoms with Crippen LogP contribution in [0, 0.1) is 16.0 Å². The number of hydrogen-bond acceptors (Lipinski definition) is 3. The molecule has 4 nitrogen and oxygen atoms in total. The Morgan fingerprint density at radius 3 is 2.82 bits per heavy atom. The molecule has 0 aromatic carbocycles. The van der Waals surface area contributed by atoms with Gasteiger partial charge in [-0.05, 0) is 19.3 Å². The summed E-state index contributed by atoms with van der Waals surface area (Å²) in [6, 6.07) is 0. The largest absolute Gasteiger partial charge is 0.381 e. The molecule has 0 bridgehead atoms. The summed E-state index contributed by atoms with van der Waals surface area (Å²) >= 11 is 0. The maximum absolute atomic E-state index is 10.1. The van der Waals surface area contributed by atoms with E-state index < -0.39 is 0 Å². The molecule has 64 valence electrons. The normalized spacial score (nSPS) is 30.6. The predicted molar refractivity (Wildman–Crippen MR) is 40.0 cm³/mol. The summed E-state index contributed by atoms with van der Waals surface area (Å²) in [5.74, 6) is 0.245. The van der Waals surface area contributed by atoms with Gasteiger partial charge in [0, 0.05) is 18.0 Å².